The molecule has 0 aromatic heterocycles. The molecular weight excluding hydrogens is 412 g/mol. The SMILES string of the molecule is CC[C@@H](C)[C@H](NCC(S)C(N)CCS(N)(=O)=O)C(=O)N[C@@H](CC(=O)O)C(=O)O. The minimum Gasteiger partial charge on any atom is -0.481 e. The number of carboxylic acids is 2. The molecule has 0 aromatic carbocycles. The molecule has 0 aliphatic rings. The number of aliphatic carboxylic acids is 2. The molecule has 164 valence electrons. The zero-order valence-corrected chi connectivity index (χ0v) is 17.6. The van der Waals surface area contributed by atoms with Crippen molar-refractivity contribution < 1.29 is 33.0 Å². The number of carboxylic acid groups (broad SMARTS) is 2. The minimum atomic E-state index is -3.65. The lowest BCUT2D eigenvalue weighted by molar-refractivity contribution is -0.147. The van der Waals surface area contributed by atoms with E-state index >= 15 is 0 Å². The zero-order valence-electron chi connectivity index (χ0n) is 15.9. The van der Waals surface area contributed by atoms with Crippen molar-refractivity contribution in [2.45, 2.75) is 56.5 Å². The summed E-state index contributed by atoms with van der Waals surface area (Å²) in [6.45, 7) is 3.77. The lowest BCUT2D eigenvalue weighted by atomic mass is 9.97. The van der Waals surface area contributed by atoms with E-state index in [9.17, 15) is 22.8 Å². The van der Waals surface area contributed by atoms with Crippen LogP contribution in [0.1, 0.15) is 33.1 Å². The van der Waals surface area contributed by atoms with E-state index in [1.165, 1.54) is 0 Å². The molecule has 5 atom stereocenters. The number of amides is 1. The van der Waals surface area contributed by atoms with Gasteiger partial charge in [0.2, 0.25) is 15.9 Å². The summed E-state index contributed by atoms with van der Waals surface area (Å²) < 4.78 is 22.0. The van der Waals surface area contributed by atoms with Crippen LogP contribution >= 0.6 is 12.6 Å². The van der Waals surface area contributed by atoms with Crippen LogP contribution in [0.15, 0.2) is 0 Å². The molecule has 1 amide bonds. The van der Waals surface area contributed by atoms with Crippen molar-refractivity contribution >= 4 is 40.5 Å². The fraction of sp³-hybridized carbons (Fsp3) is 0.800. The maximum atomic E-state index is 12.5. The van der Waals surface area contributed by atoms with E-state index in [0.717, 1.165) is 0 Å². The van der Waals surface area contributed by atoms with Crippen LogP contribution in [0, 0.1) is 5.92 Å². The van der Waals surface area contributed by atoms with E-state index in [-0.39, 0.29) is 24.6 Å². The van der Waals surface area contributed by atoms with Crippen LogP contribution in [0.3, 0.4) is 0 Å². The number of nitrogens with two attached hydrogens (primary N) is 2. The lowest BCUT2D eigenvalue weighted by Crippen LogP contribution is -2.55. The lowest BCUT2D eigenvalue weighted by Gasteiger charge is -2.27. The standard InChI is InChI=1S/C15H30N4O7S2/c1-3-8(2)13(14(22)19-10(15(23)24)6-12(20)21)18-7-11(27)9(16)4-5-28(17,25)26/h8-11,13,18,27H,3-7,16H2,1-2H3,(H,19,22)(H,20,21)(H,23,24)(H2,17,25,26)/t8-,9?,10+,11?,13+/m1/s1. The second-order valence-electron chi connectivity index (χ2n) is 6.66. The van der Waals surface area contributed by atoms with E-state index in [0.29, 0.717) is 6.42 Å². The minimum absolute atomic E-state index is 0.0918. The number of hydrogen-bond acceptors (Lipinski definition) is 8. The van der Waals surface area contributed by atoms with Crippen molar-refractivity contribution in [3.63, 3.8) is 0 Å². The number of carbonyl (C=O) groups excluding carboxylic acids is 1. The third kappa shape index (κ3) is 10.8. The predicted octanol–water partition coefficient (Wildman–Crippen LogP) is -1.66. The Morgan fingerprint density at radius 2 is 1.79 bits per heavy atom. The van der Waals surface area contributed by atoms with Gasteiger partial charge in [-0.1, -0.05) is 20.3 Å². The zero-order chi connectivity index (χ0) is 22.1. The first-order valence-electron chi connectivity index (χ1n) is 8.70. The van der Waals surface area contributed by atoms with Gasteiger partial charge in [-0.05, 0) is 12.3 Å². The van der Waals surface area contributed by atoms with E-state index in [1.54, 1.807) is 6.92 Å². The Hall–Kier alpha value is -1.41. The van der Waals surface area contributed by atoms with E-state index in [2.05, 4.69) is 23.3 Å². The number of carbonyl (C=O) groups is 3. The number of rotatable bonds is 14. The highest BCUT2D eigenvalue weighted by molar-refractivity contribution is 7.89. The van der Waals surface area contributed by atoms with Crippen LogP contribution in [-0.4, -0.2) is 72.1 Å². The summed E-state index contributed by atoms with van der Waals surface area (Å²) in [5, 5.41) is 27.5. The molecule has 0 heterocycles. The molecule has 8 N–H and O–H groups in total. The highest BCUT2D eigenvalue weighted by atomic mass is 32.2. The van der Waals surface area contributed by atoms with Gasteiger partial charge in [-0.15, -0.1) is 0 Å². The molecule has 0 aliphatic carbocycles. The van der Waals surface area contributed by atoms with E-state index in [4.69, 9.17) is 21.1 Å². The quantitative estimate of drug-likeness (QED) is 0.154. The Morgan fingerprint density at radius 1 is 1.21 bits per heavy atom. The van der Waals surface area contributed by atoms with Crippen LogP contribution in [0.5, 0.6) is 0 Å². The van der Waals surface area contributed by atoms with Gasteiger partial charge in [0, 0.05) is 17.8 Å². The maximum Gasteiger partial charge on any atom is 0.326 e. The maximum absolute atomic E-state index is 12.5. The molecule has 0 saturated carbocycles. The predicted molar refractivity (Wildman–Crippen MR) is 106 cm³/mol. The average Bonchev–Trinajstić information content (AvgIpc) is 2.57. The Kier molecular flexibility index (Phi) is 11.6. The van der Waals surface area contributed by atoms with Crippen molar-refractivity contribution in [2.24, 2.45) is 16.8 Å². The van der Waals surface area contributed by atoms with Crippen molar-refractivity contribution in [3.8, 4) is 0 Å². The van der Waals surface area contributed by atoms with E-state index in [1.807, 2.05) is 6.92 Å². The molecule has 0 bridgehead atoms. The van der Waals surface area contributed by atoms with Crippen molar-refractivity contribution in [1.29, 1.82) is 0 Å². The highest BCUT2D eigenvalue weighted by Crippen LogP contribution is 2.11. The topological polar surface area (TPSA) is 202 Å². The number of hydrogen-bond donors (Lipinski definition) is 7. The van der Waals surface area contributed by atoms with Crippen LogP contribution < -0.4 is 21.5 Å². The molecule has 11 nitrogen and oxygen atoms in total. The molecule has 2 unspecified atom stereocenters. The summed E-state index contributed by atoms with van der Waals surface area (Å²) >= 11 is 4.32. The molecule has 28 heavy (non-hydrogen) atoms. The summed E-state index contributed by atoms with van der Waals surface area (Å²) in [6, 6.07) is -2.96. The first kappa shape index (κ1) is 26.6. The monoisotopic (exact) mass is 442 g/mol. The first-order chi connectivity index (χ1) is 12.8. The highest BCUT2D eigenvalue weighted by Gasteiger charge is 2.30. The van der Waals surface area contributed by atoms with Gasteiger partial charge in [0.1, 0.15) is 6.04 Å². The van der Waals surface area contributed by atoms with Crippen LogP contribution in [0.2, 0.25) is 0 Å². The Balaban J connectivity index is 4.96. The Bertz CT molecular complexity index is 644. The molecule has 0 fully saturated rings. The first-order valence-corrected chi connectivity index (χ1v) is 10.9. The summed E-state index contributed by atoms with van der Waals surface area (Å²) in [5.41, 5.74) is 5.89. The molecule has 0 aromatic rings. The van der Waals surface area contributed by atoms with E-state index < -0.39 is 57.7 Å². The Labute approximate surface area is 170 Å². The van der Waals surface area contributed by atoms with Crippen LogP contribution in [0.4, 0.5) is 0 Å². The number of nitrogens with one attached hydrogen (secondary N) is 2. The van der Waals surface area contributed by atoms with Gasteiger partial charge in [0.25, 0.3) is 0 Å². The smallest absolute Gasteiger partial charge is 0.326 e. The van der Waals surface area contributed by atoms with Crippen LogP contribution in [0.25, 0.3) is 0 Å². The fourth-order valence-corrected chi connectivity index (χ4v) is 3.17. The summed E-state index contributed by atoms with van der Waals surface area (Å²) in [6.07, 6.45) is -0.0625. The molecule has 0 radical (unpaired) electrons. The van der Waals surface area contributed by atoms with Gasteiger partial charge < -0.3 is 26.6 Å². The average molecular weight is 443 g/mol. The summed E-state index contributed by atoms with van der Waals surface area (Å²) in [4.78, 5) is 34.4. The summed E-state index contributed by atoms with van der Waals surface area (Å²) in [5.74, 6) is -3.94. The summed E-state index contributed by atoms with van der Waals surface area (Å²) in [7, 11) is -3.65. The second-order valence-corrected chi connectivity index (χ2v) is 9.05. The molecule has 0 spiro atoms. The van der Waals surface area contributed by atoms with Gasteiger partial charge in [-0.25, -0.2) is 18.4 Å². The van der Waals surface area contributed by atoms with Gasteiger partial charge in [0.15, 0.2) is 0 Å². The molecule has 13 heteroatoms. The van der Waals surface area contributed by atoms with Gasteiger partial charge >= 0.3 is 11.9 Å². The molecular formula is C15H30N4O7S2. The molecule has 0 saturated heterocycles. The third-order valence-electron chi connectivity index (χ3n) is 4.27. The Morgan fingerprint density at radius 3 is 2.21 bits per heavy atom. The fourth-order valence-electron chi connectivity index (χ4n) is 2.32. The van der Waals surface area contributed by atoms with Crippen LogP contribution in [-0.2, 0) is 24.4 Å². The molecule has 0 aliphatic heterocycles. The normalized spacial score (nSPS) is 17.2. The number of thiol groups is 1. The second kappa shape index (κ2) is 12.2. The van der Waals surface area contributed by atoms with Gasteiger partial charge in [0.05, 0.1) is 18.2 Å². The number of sulfonamides is 1. The van der Waals surface area contributed by atoms with Crippen molar-refractivity contribution in [3.05, 3.63) is 0 Å². The molecule has 0 rings (SSSR count). The third-order valence-corrected chi connectivity index (χ3v) is 5.64. The largest absolute Gasteiger partial charge is 0.481 e. The van der Waals surface area contributed by atoms with Crippen molar-refractivity contribution in [1.82, 2.24) is 10.6 Å². The number of primary sulfonamides is 1. The van der Waals surface area contributed by atoms with Crippen molar-refractivity contribution in [2.75, 3.05) is 12.3 Å². The van der Waals surface area contributed by atoms with Gasteiger partial charge in [-0.2, -0.15) is 12.6 Å². The van der Waals surface area contributed by atoms with Gasteiger partial charge in [-0.3, -0.25) is 9.59 Å².